The first kappa shape index (κ1) is 15.4. The Morgan fingerprint density at radius 1 is 1.57 bits per heavy atom. The highest BCUT2D eigenvalue weighted by molar-refractivity contribution is 5.67. The summed E-state index contributed by atoms with van der Waals surface area (Å²) in [6, 6.07) is 6.85. The van der Waals surface area contributed by atoms with E-state index in [0.717, 1.165) is 31.5 Å². The third kappa shape index (κ3) is 3.78. The van der Waals surface area contributed by atoms with Gasteiger partial charge in [-0.25, -0.2) is 0 Å². The Morgan fingerprint density at radius 3 is 2.95 bits per heavy atom. The Morgan fingerprint density at radius 2 is 2.33 bits per heavy atom. The molecule has 2 atom stereocenters. The number of non-ortho nitro benzene ring substituents is 1. The van der Waals surface area contributed by atoms with Crippen molar-refractivity contribution < 1.29 is 14.8 Å². The number of rotatable bonds is 6. The van der Waals surface area contributed by atoms with E-state index in [-0.39, 0.29) is 29.0 Å². The predicted octanol–water partition coefficient (Wildman–Crippen LogP) is 2.84. The first-order valence-electron chi connectivity index (χ1n) is 7.21. The number of hydrogen-bond donors (Lipinski definition) is 1. The van der Waals surface area contributed by atoms with Crippen molar-refractivity contribution >= 4 is 11.7 Å². The van der Waals surface area contributed by atoms with Crippen molar-refractivity contribution in [3.63, 3.8) is 0 Å². The van der Waals surface area contributed by atoms with E-state index in [1.807, 2.05) is 13.0 Å². The standard InChI is InChI=1S/C15H20N2O4/c1-2-14(12-4-3-5-13(9-12)17(20)21)16-7-6-11(10-16)8-15(18)19/h3-5,9,11,14H,2,6-8,10H2,1H3,(H,18,19). The van der Waals surface area contributed by atoms with Gasteiger partial charge in [-0.05, 0) is 30.9 Å². The Balaban J connectivity index is 2.11. The lowest BCUT2D eigenvalue weighted by Crippen LogP contribution is -2.26. The molecule has 1 aromatic carbocycles. The fraction of sp³-hybridized carbons (Fsp3) is 0.533. The van der Waals surface area contributed by atoms with Crippen LogP contribution in [-0.2, 0) is 4.79 Å². The molecule has 0 radical (unpaired) electrons. The van der Waals surface area contributed by atoms with Crippen LogP contribution in [0.25, 0.3) is 0 Å². The molecule has 114 valence electrons. The molecule has 2 unspecified atom stereocenters. The zero-order valence-electron chi connectivity index (χ0n) is 12.1. The molecule has 0 saturated carbocycles. The number of aliphatic carboxylic acids is 1. The lowest BCUT2D eigenvalue weighted by molar-refractivity contribution is -0.385. The zero-order valence-corrected chi connectivity index (χ0v) is 12.1. The summed E-state index contributed by atoms with van der Waals surface area (Å²) < 4.78 is 0. The smallest absolute Gasteiger partial charge is 0.303 e. The van der Waals surface area contributed by atoms with Crippen LogP contribution in [0.3, 0.4) is 0 Å². The number of carboxylic acids is 1. The average molecular weight is 292 g/mol. The van der Waals surface area contributed by atoms with Crippen molar-refractivity contribution in [1.82, 2.24) is 4.90 Å². The Labute approximate surface area is 123 Å². The molecule has 0 spiro atoms. The molecule has 1 fully saturated rings. The lowest BCUT2D eigenvalue weighted by Gasteiger charge is -2.27. The second-order valence-electron chi connectivity index (χ2n) is 5.52. The van der Waals surface area contributed by atoms with Crippen molar-refractivity contribution in [2.45, 2.75) is 32.2 Å². The molecule has 1 heterocycles. The Bertz CT molecular complexity index is 532. The highest BCUT2D eigenvalue weighted by Gasteiger charge is 2.29. The van der Waals surface area contributed by atoms with Crippen molar-refractivity contribution in [3.05, 3.63) is 39.9 Å². The van der Waals surface area contributed by atoms with E-state index in [1.54, 1.807) is 12.1 Å². The summed E-state index contributed by atoms with van der Waals surface area (Å²) in [5.41, 5.74) is 1.04. The molecule has 6 heteroatoms. The number of nitro benzene ring substituents is 1. The van der Waals surface area contributed by atoms with Gasteiger partial charge in [0.15, 0.2) is 0 Å². The molecule has 0 amide bonds. The minimum absolute atomic E-state index is 0.104. The van der Waals surface area contributed by atoms with E-state index >= 15 is 0 Å². The predicted molar refractivity (Wildman–Crippen MR) is 78.1 cm³/mol. The fourth-order valence-electron chi connectivity index (χ4n) is 3.11. The molecule has 21 heavy (non-hydrogen) atoms. The molecule has 1 N–H and O–H groups in total. The van der Waals surface area contributed by atoms with Gasteiger partial charge < -0.3 is 5.11 Å². The first-order valence-corrected chi connectivity index (χ1v) is 7.21. The molecule has 1 aromatic rings. The van der Waals surface area contributed by atoms with Crippen LogP contribution in [0.1, 0.15) is 37.8 Å². The highest BCUT2D eigenvalue weighted by Crippen LogP contribution is 2.32. The molecule has 2 rings (SSSR count). The van der Waals surface area contributed by atoms with Crippen LogP contribution in [0.2, 0.25) is 0 Å². The highest BCUT2D eigenvalue weighted by atomic mass is 16.6. The molecule has 0 aliphatic carbocycles. The van der Waals surface area contributed by atoms with Crippen molar-refractivity contribution in [2.75, 3.05) is 13.1 Å². The largest absolute Gasteiger partial charge is 0.481 e. The number of carbonyl (C=O) groups is 1. The maximum absolute atomic E-state index is 10.9. The number of hydrogen-bond acceptors (Lipinski definition) is 4. The summed E-state index contributed by atoms with van der Waals surface area (Å²) in [4.78, 5) is 23.5. The third-order valence-electron chi connectivity index (χ3n) is 4.07. The van der Waals surface area contributed by atoms with Gasteiger partial charge in [-0.1, -0.05) is 19.1 Å². The molecule has 0 aromatic heterocycles. The lowest BCUT2D eigenvalue weighted by atomic mass is 10.0. The molecule has 6 nitrogen and oxygen atoms in total. The normalized spacial score (nSPS) is 20.3. The third-order valence-corrected chi connectivity index (χ3v) is 4.07. The van der Waals surface area contributed by atoms with Gasteiger partial charge in [-0.15, -0.1) is 0 Å². The minimum Gasteiger partial charge on any atom is -0.481 e. The summed E-state index contributed by atoms with van der Waals surface area (Å²) >= 11 is 0. The SMILES string of the molecule is CCC(c1cccc([N+](=O)[O-])c1)N1CCC(CC(=O)O)C1. The van der Waals surface area contributed by atoms with Crippen LogP contribution in [-0.4, -0.2) is 34.0 Å². The number of benzene rings is 1. The molecular formula is C15H20N2O4. The van der Waals surface area contributed by atoms with E-state index in [0.29, 0.717) is 0 Å². The Hall–Kier alpha value is -1.95. The van der Waals surface area contributed by atoms with Gasteiger partial charge in [0.1, 0.15) is 0 Å². The second-order valence-corrected chi connectivity index (χ2v) is 5.52. The van der Waals surface area contributed by atoms with Gasteiger partial charge >= 0.3 is 5.97 Å². The van der Waals surface area contributed by atoms with Gasteiger partial charge in [0.25, 0.3) is 5.69 Å². The summed E-state index contributed by atoms with van der Waals surface area (Å²) in [5.74, 6) is -0.583. The van der Waals surface area contributed by atoms with Gasteiger partial charge in [-0.3, -0.25) is 19.8 Å². The first-order chi connectivity index (χ1) is 10.0. The summed E-state index contributed by atoms with van der Waals surface area (Å²) in [6.07, 6.45) is 1.92. The minimum atomic E-state index is -0.759. The zero-order chi connectivity index (χ0) is 15.4. The van der Waals surface area contributed by atoms with Gasteiger partial charge in [-0.2, -0.15) is 0 Å². The fourth-order valence-corrected chi connectivity index (χ4v) is 3.11. The van der Waals surface area contributed by atoms with Crippen LogP contribution >= 0.6 is 0 Å². The van der Waals surface area contributed by atoms with E-state index < -0.39 is 5.97 Å². The van der Waals surface area contributed by atoms with Crippen molar-refractivity contribution in [3.8, 4) is 0 Å². The molecule has 0 bridgehead atoms. The quantitative estimate of drug-likeness (QED) is 0.644. The molecular weight excluding hydrogens is 272 g/mol. The summed E-state index contributed by atoms with van der Waals surface area (Å²) in [5, 5.41) is 19.8. The topological polar surface area (TPSA) is 83.7 Å². The number of nitrogens with zero attached hydrogens (tertiary/aromatic N) is 2. The van der Waals surface area contributed by atoms with Gasteiger partial charge in [0.05, 0.1) is 4.92 Å². The summed E-state index contributed by atoms with van der Waals surface area (Å²) in [6.45, 7) is 3.64. The average Bonchev–Trinajstić information content (AvgIpc) is 2.87. The van der Waals surface area contributed by atoms with Crippen LogP contribution in [0.15, 0.2) is 24.3 Å². The van der Waals surface area contributed by atoms with Gasteiger partial charge in [0, 0.05) is 31.1 Å². The van der Waals surface area contributed by atoms with Crippen LogP contribution in [0, 0.1) is 16.0 Å². The van der Waals surface area contributed by atoms with Crippen LogP contribution in [0.5, 0.6) is 0 Å². The molecule has 1 aliphatic rings. The summed E-state index contributed by atoms with van der Waals surface area (Å²) in [7, 11) is 0. The van der Waals surface area contributed by atoms with E-state index in [2.05, 4.69) is 4.90 Å². The van der Waals surface area contributed by atoms with E-state index in [9.17, 15) is 14.9 Å². The Kier molecular flexibility index (Phi) is 4.90. The van der Waals surface area contributed by atoms with Crippen molar-refractivity contribution in [2.24, 2.45) is 5.92 Å². The maximum atomic E-state index is 10.9. The van der Waals surface area contributed by atoms with Crippen molar-refractivity contribution in [1.29, 1.82) is 0 Å². The number of likely N-dealkylation sites (tertiary alicyclic amines) is 1. The number of nitro groups is 1. The van der Waals surface area contributed by atoms with E-state index in [4.69, 9.17) is 5.11 Å². The molecule has 1 aliphatic heterocycles. The van der Waals surface area contributed by atoms with Gasteiger partial charge in [0.2, 0.25) is 0 Å². The van der Waals surface area contributed by atoms with Crippen LogP contribution in [0.4, 0.5) is 5.69 Å². The maximum Gasteiger partial charge on any atom is 0.303 e. The van der Waals surface area contributed by atoms with E-state index in [1.165, 1.54) is 6.07 Å². The number of carboxylic acid groups (broad SMARTS) is 1. The monoisotopic (exact) mass is 292 g/mol. The van der Waals surface area contributed by atoms with Crippen LogP contribution < -0.4 is 0 Å². The molecule has 1 saturated heterocycles. The second kappa shape index (κ2) is 6.67.